The predicted molar refractivity (Wildman–Crippen MR) is 112 cm³/mol. The van der Waals surface area contributed by atoms with E-state index >= 15 is 0 Å². The van der Waals surface area contributed by atoms with Gasteiger partial charge in [0, 0.05) is 41.7 Å². The number of anilines is 2. The lowest BCUT2D eigenvalue weighted by Crippen LogP contribution is -2.34. The number of hydrogen-bond acceptors (Lipinski definition) is 5. The molecular formula is C19H22N4O3S. The molecule has 7 nitrogen and oxygen atoms in total. The highest BCUT2D eigenvalue weighted by Gasteiger charge is 2.15. The first-order valence-corrected chi connectivity index (χ1v) is 8.98. The van der Waals surface area contributed by atoms with Crippen molar-refractivity contribution in [2.75, 3.05) is 23.3 Å². The van der Waals surface area contributed by atoms with E-state index < -0.39 is 10.8 Å². The van der Waals surface area contributed by atoms with Crippen LogP contribution in [0, 0.1) is 17.0 Å². The van der Waals surface area contributed by atoms with Crippen LogP contribution < -0.4 is 15.5 Å². The molecule has 0 spiro atoms. The van der Waals surface area contributed by atoms with Crippen LogP contribution in [-0.2, 0) is 0 Å². The number of amides is 1. The average molecular weight is 386 g/mol. The smallest absolute Gasteiger partial charge is 0.273 e. The van der Waals surface area contributed by atoms with Gasteiger partial charge in [0.15, 0.2) is 5.11 Å². The minimum Gasteiger partial charge on any atom is -0.372 e. The SMILES string of the molecule is CCN(CC)c1ccc(NC(=S)NC(=O)c2ccc(C)c([N+](=O)[O-])c2)cc1. The highest BCUT2D eigenvalue weighted by molar-refractivity contribution is 7.80. The second kappa shape index (κ2) is 9.09. The maximum Gasteiger partial charge on any atom is 0.273 e. The Balaban J connectivity index is 2.02. The van der Waals surface area contributed by atoms with E-state index in [1.165, 1.54) is 18.2 Å². The highest BCUT2D eigenvalue weighted by atomic mass is 32.1. The Morgan fingerprint density at radius 1 is 1.15 bits per heavy atom. The molecule has 0 saturated carbocycles. The van der Waals surface area contributed by atoms with Gasteiger partial charge in [-0.25, -0.2) is 0 Å². The van der Waals surface area contributed by atoms with Crippen molar-refractivity contribution in [3.8, 4) is 0 Å². The number of carbonyl (C=O) groups excluding carboxylic acids is 1. The third kappa shape index (κ3) is 5.24. The zero-order chi connectivity index (χ0) is 20.0. The van der Waals surface area contributed by atoms with Crippen LogP contribution in [0.3, 0.4) is 0 Å². The first-order valence-electron chi connectivity index (χ1n) is 8.58. The van der Waals surface area contributed by atoms with Gasteiger partial charge in [-0.05, 0) is 63.3 Å². The Morgan fingerprint density at radius 2 is 1.78 bits per heavy atom. The summed E-state index contributed by atoms with van der Waals surface area (Å²) in [7, 11) is 0. The lowest BCUT2D eigenvalue weighted by molar-refractivity contribution is -0.385. The molecule has 0 aliphatic carbocycles. The summed E-state index contributed by atoms with van der Waals surface area (Å²) in [4.78, 5) is 25.0. The van der Waals surface area contributed by atoms with E-state index in [0.29, 0.717) is 5.56 Å². The van der Waals surface area contributed by atoms with E-state index in [1.807, 2.05) is 24.3 Å². The molecule has 0 atom stereocenters. The molecule has 0 bridgehead atoms. The van der Waals surface area contributed by atoms with Crippen LogP contribution in [0.1, 0.15) is 29.8 Å². The normalized spacial score (nSPS) is 10.2. The standard InChI is InChI=1S/C19H22N4O3S/c1-4-22(5-2)16-10-8-15(9-11-16)20-19(27)21-18(24)14-7-6-13(3)17(12-14)23(25)26/h6-12H,4-5H2,1-3H3,(H2,20,21,24,27). The quantitative estimate of drug-likeness (QED) is 0.445. The maximum absolute atomic E-state index is 12.3. The van der Waals surface area contributed by atoms with Gasteiger partial charge in [-0.15, -0.1) is 0 Å². The molecular weight excluding hydrogens is 364 g/mol. The number of aryl methyl sites for hydroxylation is 1. The van der Waals surface area contributed by atoms with E-state index in [0.717, 1.165) is 24.5 Å². The number of nitro groups is 1. The van der Waals surface area contributed by atoms with Crippen LogP contribution >= 0.6 is 12.2 Å². The van der Waals surface area contributed by atoms with Crippen LogP contribution in [0.4, 0.5) is 17.1 Å². The monoisotopic (exact) mass is 386 g/mol. The number of nitrogens with zero attached hydrogens (tertiary/aromatic N) is 2. The van der Waals surface area contributed by atoms with Gasteiger partial charge in [-0.3, -0.25) is 20.2 Å². The molecule has 0 heterocycles. The number of nitro benzene ring substituents is 1. The lowest BCUT2D eigenvalue weighted by atomic mass is 10.1. The van der Waals surface area contributed by atoms with E-state index in [1.54, 1.807) is 6.92 Å². The molecule has 0 saturated heterocycles. The third-order valence-corrected chi connectivity index (χ3v) is 4.35. The molecule has 2 N–H and O–H groups in total. The van der Waals surface area contributed by atoms with Crippen LogP contribution in [0.25, 0.3) is 0 Å². The van der Waals surface area contributed by atoms with Gasteiger partial charge in [0.05, 0.1) is 4.92 Å². The number of hydrogen-bond donors (Lipinski definition) is 2. The van der Waals surface area contributed by atoms with Gasteiger partial charge >= 0.3 is 0 Å². The summed E-state index contributed by atoms with van der Waals surface area (Å²) in [6.07, 6.45) is 0. The first-order chi connectivity index (χ1) is 12.8. The fraction of sp³-hybridized carbons (Fsp3) is 0.263. The Labute approximate surface area is 163 Å². The summed E-state index contributed by atoms with van der Waals surface area (Å²) in [5, 5.41) is 16.6. The molecule has 0 radical (unpaired) electrons. The van der Waals surface area contributed by atoms with Crippen molar-refractivity contribution < 1.29 is 9.72 Å². The van der Waals surface area contributed by atoms with E-state index in [9.17, 15) is 14.9 Å². The number of benzene rings is 2. The van der Waals surface area contributed by atoms with Gasteiger partial charge in [0.1, 0.15) is 0 Å². The maximum atomic E-state index is 12.3. The van der Waals surface area contributed by atoms with Crippen molar-refractivity contribution >= 4 is 40.3 Å². The van der Waals surface area contributed by atoms with Crippen molar-refractivity contribution in [2.24, 2.45) is 0 Å². The van der Waals surface area contributed by atoms with Crippen molar-refractivity contribution in [1.29, 1.82) is 0 Å². The lowest BCUT2D eigenvalue weighted by Gasteiger charge is -2.21. The van der Waals surface area contributed by atoms with E-state index in [-0.39, 0.29) is 16.4 Å². The second-order valence-corrected chi connectivity index (χ2v) is 6.29. The molecule has 0 aliphatic heterocycles. The van der Waals surface area contributed by atoms with Crippen LogP contribution in [0.5, 0.6) is 0 Å². The van der Waals surface area contributed by atoms with E-state index in [2.05, 4.69) is 29.4 Å². The molecule has 27 heavy (non-hydrogen) atoms. The Hall–Kier alpha value is -3.00. The van der Waals surface area contributed by atoms with Crippen LogP contribution in [0.2, 0.25) is 0 Å². The summed E-state index contributed by atoms with van der Waals surface area (Å²) in [5.74, 6) is -0.504. The number of nitrogens with one attached hydrogen (secondary N) is 2. The Morgan fingerprint density at radius 3 is 2.33 bits per heavy atom. The number of carbonyl (C=O) groups is 1. The molecule has 1 amide bonds. The van der Waals surface area contributed by atoms with Gasteiger partial charge < -0.3 is 10.2 Å². The summed E-state index contributed by atoms with van der Waals surface area (Å²) >= 11 is 5.17. The first kappa shape index (κ1) is 20.3. The fourth-order valence-electron chi connectivity index (χ4n) is 2.63. The minimum absolute atomic E-state index is 0.103. The van der Waals surface area contributed by atoms with Crippen molar-refractivity contribution in [1.82, 2.24) is 5.32 Å². The molecule has 8 heteroatoms. The molecule has 0 aliphatic rings. The predicted octanol–water partition coefficient (Wildman–Crippen LogP) is 3.88. The van der Waals surface area contributed by atoms with Crippen molar-refractivity contribution in [3.05, 3.63) is 63.7 Å². The average Bonchev–Trinajstić information content (AvgIpc) is 2.64. The van der Waals surface area contributed by atoms with Gasteiger partial charge in [0.25, 0.3) is 11.6 Å². The van der Waals surface area contributed by atoms with Gasteiger partial charge in [-0.1, -0.05) is 6.07 Å². The topological polar surface area (TPSA) is 87.5 Å². The molecule has 0 aromatic heterocycles. The fourth-order valence-corrected chi connectivity index (χ4v) is 2.84. The van der Waals surface area contributed by atoms with Crippen molar-refractivity contribution in [3.63, 3.8) is 0 Å². The van der Waals surface area contributed by atoms with E-state index in [4.69, 9.17) is 12.2 Å². The largest absolute Gasteiger partial charge is 0.372 e. The Bertz CT molecular complexity index is 849. The van der Waals surface area contributed by atoms with Crippen LogP contribution in [-0.4, -0.2) is 29.0 Å². The molecule has 0 fully saturated rings. The van der Waals surface area contributed by atoms with Gasteiger partial charge in [-0.2, -0.15) is 0 Å². The summed E-state index contributed by atoms with van der Waals surface area (Å²) in [6.45, 7) is 7.64. The zero-order valence-electron chi connectivity index (χ0n) is 15.5. The van der Waals surface area contributed by atoms with Crippen LogP contribution in [0.15, 0.2) is 42.5 Å². The summed E-state index contributed by atoms with van der Waals surface area (Å²) in [6, 6.07) is 12.0. The molecule has 2 aromatic rings. The number of thiocarbonyl (C=S) groups is 1. The minimum atomic E-state index is -0.514. The molecule has 2 rings (SSSR count). The molecule has 2 aromatic carbocycles. The second-order valence-electron chi connectivity index (χ2n) is 5.89. The van der Waals surface area contributed by atoms with Gasteiger partial charge in [0.2, 0.25) is 0 Å². The molecule has 142 valence electrons. The summed E-state index contributed by atoms with van der Waals surface area (Å²) in [5.41, 5.74) is 2.41. The molecule has 0 unspecified atom stereocenters. The highest BCUT2D eigenvalue weighted by Crippen LogP contribution is 2.20. The summed E-state index contributed by atoms with van der Waals surface area (Å²) < 4.78 is 0. The van der Waals surface area contributed by atoms with Crippen molar-refractivity contribution in [2.45, 2.75) is 20.8 Å². The third-order valence-electron chi connectivity index (χ3n) is 4.15. The zero-order valence-corrected chi connectivity index (χ0v) is 16.3. The Kier molecular flexibility index (Phi) is 6.84. The number of rotatable bonds is 6.